The summed E-state index contributed by atoms with van der Waals surface area (Å²) in [5.74, 6) is 0.0943. The number of anilines is 1. The number of hydrogen-bond acceptors (Lipinski definition) is 4. The van der Waals surface area contributed by atoms with Crippen molar-refractivity contribution in [2.24, 2.45) is 0 Å². The maximum atomic E-state index is 11.2. The number of nitriles is 1. The molecule has 100 valence electrons. The minimum atomic E-state index is 0.0943. The van der Waals surface area contributed by atoms with Gasteiger partial charge in [-0.15, -0.1) is 0 Å². The Morgan fingerprint density at radius 2 is 2.30 bits per heavy atom. The van der Waals surface area contributed by atoms with Gasteiger partial charge in [-0.05, 0) is 12.5 Å². The van der Waals surface area contributed by atoms with Gasteiger partial charge < -0.3 is 10.6 Å². The van der Waals surface area contributed by atoms with Crippen LogP contribution in [0.2, 0.25) is 0 Å². The number of benzene rings is 1. The molecule has 2 aromatic rings. The van der Waals surface area contributed by atoms with E-state index in [4.69, 9.17) is 0 Å². The fourth-order valence-corrected chi connectivity index (χ4v) is 2.47. The molecule has 1 aliphatic heterocycles. The van der Waals surface area contributed by atoms with Gasteiger partial charge in [0.25, 0.3) is 0 Å². The van der Waals surface area contributed by atoms with E-state index in [9.17, 15) is 10.1 Å². The van der Waals surface area contributed by atoms with Gasteiger partial charge in [-0.2, -0.15) is 5.26 Å². The fraction of sp³-hybridized carbons (Fsp3) is 0.267. The van der Waals surface area contributed by atoms with Gasteiger partial charge in [-0.3, -0.25) is 9.78 Å². The van der Waals surface area contributed by atoms with Crippen LogP contribution in [0.25, 0.3) is 10.9 Å². The molecule has 0 spiro atoms. The van der Waals surface area contributed by atoms with Gasteiger partial charge >= 0.3 is 0 Å². The molecule has 5 heteroatoms. The van der Waals surface area contributed by atoms with Crippen molar-refractivity contribution in [2.45, 2.75) is 18.9 Å². The molecule has 5 nitrogen and oxygen atoms in total. The lowest BCUT2D eigenvalue weighted by Gasteiger charge is -2.15. The van der Waals surface area contributed by atoms with Crippen LogP contribution in [0.3, 0.4) is 0 Å². The summed E-state index contributed by atoms with van der Waals surface area (Å²) in [6.07, 6.45) is 2.99. The van der Waals surface area contributed by atoms with E-state index in [-0.39, 0.29) is 11.9 Å². The number of amides is 1. The van der Waals surface area contributed by atoms with Gasteiger partial charge in [-0.25, -0.2) is 0 Å². The Balaban J connectivity index is 1.89. The molecule has 1 unspecified atom stereocenters. The first-order valence-electron chi connectivity index (χ1n) is 6.59. The lowest BCUT2D eigenvalue weighted by atomic mass is 10.1. The molecule has 0 aliphatic carbocycles. The Kier molecular flexibility index (Phi) is 3.21. The first-order valence-corrected chi connectivity index (χ1v) is 6.59. The summed E-state index contributed by atoms with van der Waals surface area (Å²) in [5, 5.41) is 16.3. The van der Waals surface area contributed by atoms with Gasteiger partial charge in [-0.1, -0.05) is 18.2 Å². The van der Waals surface area contributed by atoms with E-state index >= 15 is 0 Å². The van der Waals surface area contributed by atoms with Crippen LogP contribution in [0.1, 0.15) is 18.4 Å². The molecule has 1 atom stereocenters. The second-order valence-corrected chi connectivity index (χ2v) is 4.86. The van der Waals surface area contributed by atoms with Crippen LogP contribution < -0.4 is 10.6 Å². The molecule has 1 fully saturated rings. The van der Waals surface area contributed by atoms with E-state index < -0.39 is 0 Å². The van der Waals surface area contributed by atoms with Crippen molar-refractivity contribution >= 4 is 22.5 Å². The lowest BCUT2D eigenvalue weighted by Crippen LogP contribution is -2.32. The zero-order valence-corrected chi connectivity index (χ0v) is 10.9. The van der Waals surface area contributed by atoms with Crippen molar-refractivity contribution in [1.82, 2.24) is 10.3 Å². The van der Waals surface area contributed by atoms with Crippen molar-refractivity contribution in [3.8, 4) is 6.07 Å². The van der Waals surface area contributed by atoms with Gasteiger partial charge in [0.2, 0.25) is 5.91 Å². The minimum Gasteiger partial charge on any atom is -0.381 e. The number of fused-ring (bicyclic) bond motifs is 1. The normalized spacial score (nSPS) is 17.8. The second kappa shape index (κ2) is 5.17. The number of hydrogen-bond donors (Lipinski definition) is 2. The second-order valence-electron chi connectivity index (χ2n) is 4.86. The zero-order valence-electron chi connectivity index (χ0n) is 10.9. The third-order valence-electron chi connectivity index (χ3n) is 3.51. The van der Waals surface area contributed by atoms with E-state index in [1.807, 2.05) is 24.3 Å². The molecule has 1 aliphatic rings. The topological polar surface area (TPSA) is 77.8 Å². The summed E-state index contributed by atoms with van der Waals surface area (Å²) in [6, 6.07) is 9.99. The Morgan fingerprint density at radius 1 is 1.45 bits per heavy atom. The zero-order chi connectivity index (χ0) is 13.9. The van der Waals surface area contributed by atoms with E-state index in [0.29, 0.717) is 18.5 Å². The highest BCUT2D eigenvalue weighted by molar-refractivity contribution is 5.93. The molecule has 2 heterocycles. The summed E-state index contributed by atoms with van der Waals surface area (Å²) in [7, 11) is 0. The van der Waals surface area contributed by atoms with Crippen molar-refractivity contribution in [3.63, 3.8) is 0 Å². The molecule has 2 N–H and O–H groups in total. The molecule has 0 radical (unpaired) electrons. The van der Waals surface area contributed by atoms with Crippen molar-refractivity contribution in [3.05, 3.63) is 36.0 Å². The summed E-state index contributed by atoms with van der Waals surface area (Å²) in [6.45, 7) is 0.619. The molecule has 0 saturated carbocycles. The van der Waals surface area contributed by atoms with E-state index in [1.54, 1.807) is 6.20 Å². The minimum absolute atomic E-state index is 0.0943. The number of carbonyl (C=O) groups excluding carboxylic acids is 1. The van der Waals surface area contributed by atoms with Crippen LogP contribution in [0.15, 0.2) is 30.5 Å². The van der Waals surface area contributed by atoms with Crippen LogP contribution in [0.5, 0.6) is 0 Å². The lowest BCUT2D eigenvalue weighted by molar-refractivity contribution is -0.119. The Morgan fingerprint density at radius 3 is 3.05 bits per heavy atom. The SMILES string of the molecule is N#Cc1cnc2ccccc2c1NCC1CCC(=O)N1. The third kappa shape index (κ3) is 2.28. The molecule has 3 rings (SSSR count). The summed E-state index contributed by atoms with van der Waals surface area (Å²) in [5.41, 5.74) is 2.16. The number of rotatable bonds is 3. The highest BCUT2D eigenvalue weighted by Gasteiger charge is 2.20. The average molecular weight is 266 g/mol. The Labute approximate surface area is 116 Å². The third-order valence-corrected chi connectivity index (χ3v) is 3.51. The summed E-state index contributed by atoms with van der Waals surface area (Å²) in [4.78, 5) is 15.5. The number of para-hydroxylation sites is 1. The molecular weight excluding hydrogens is 252 g/mol. The Bertz CT molecular complexity index is 705. The van der Waals surface area contributed by atoms with E-state index in [2.05, 4.69) is 21.7 Å². The number of aromatic nitrogens is 1. The van der Waals surface area contributed by atoms with Crippen LogP contribution in [-0.2, 0) is 4.79 Å². The monoisotopic (exact) mass is 266 g/mol. The Hall–Kier alpha value is -2.61. The predicted molar refractivity (Wildman–Crippen MR) is 76.1 cm³/mol. The fourth-order valence-electron chi connectivity index (χ4n) is 2.47. The van der Waals surface area contributed by atoms with Gasteiger partial charge in [0, 0.05) is 30.6 Å². The highest BCUT2D eigenvalue weighted by atomic mass is 16.1. The van der Waals surface area contributed by atoms with E-state index in [0.717, 1.165) is 23.0 Å². The predicted octanol–water partition coefficient (Wildman–Crippen LogP) is 1.80. The largest absolute Gasteiger partial charge is 0.381 e. The van der Waals surface area contributed by atoms with Gasteiger partial charge in [0.1, 0.15) is 6.07 Å². The number of carbonyl (C=O) groups is 1. The summed E-state index contributed by atoms with van der Waals surface area (Å²) < 4.78 is 0. The van der Waals surface area contributed by atoms with Crippen molar-refractivity contribution in [2.75, 3.05) is 11.9 Å². The quantitative estimate of drug-likeness (QED) is 0.888. The average Bonchev–Trinajstić information content (AvgIpc) is 2.90. The molecule has 1 saturated heterocycles. The van der Waals surface area contributed by atoms with E-state index in [1.165, 1.54) is 0 Å². The first-order chi connectivity index (χ1) is 9.78. The highest BCUT2D eigenvalue weighted by Crippen LogP contribution is 2.25. The molecule has 1 aromatic carbocycles. The number of pyridine rings is 1. The standard InChI is InChI=1S/C15H14N4O/c16-7-10-8-17-13-4-2-1-3-12(13)15(10)18-9-11-5-6-14(20)19-11/h1-4,8,11H,5-6,9H2,(H,17,18)(H,19,20). The van der Waals surface area contributed by atoms with Crippen LogP contribution in [0.4, 0.5) is 5.69 Å². The maximum Gasteiger partial charge on any atom is 0.220 e. The van der Waals surface area contributed by atoms with Crippen molar-refractivity contribution < 1.29 is 4.79 Å². The molecular formula is C15H14N4O. The first kappa shape index (κ1) is 12.4. The smallest absolute Gasteiger partial charge is 0.220 e. The summed E-state index contributed by atoms with van der Waals surface area (Å²) >= 11 is 0. The number of nitrogens with zero attached hydrogens (tertiary/aromatic N) is 2. The molecule has 1 aromatic heterocycles. The van der Waals surface area contributed by atoms with Crippen LogP contribution >= 0.6 is 0 Å². The molecule has 0 bridgehead atoms. The molecule has 1 amide bonds. The van der Waals surface area contributed by atoms with Crippen LogP contribution in [0, 0.1) is 11.3 Å². The maximum absolute atomic E-state index is 11.2. The van der Waals surface area contributed by atoms with Gasteiger partial charge in [0.15, 0.2) is 0 Å². The van der Waals surface area contributed by atoms with Gasteiger partial charge in [0.05, 0.1) is 16.8 Å². The molecule has 20 heavy (non-hydrogen) atoms. The number of nitrogens with one attached hydrogen (secondary N) is 2. The van der Waals surface area contributed by atoms with Crippen LogP contribution in [-0.4, -0.2) is 23.5 Å². The van der Waals surface area contributed by atoms with Crippen molar-refractivity contribution in [1.29, 1.82) is 5.26 Å².